The summed E-state index contributed by atoms with van der Waals surface area (Å²) < 4.78 is 0. The monoisotopic (exact) mass is 500 g/mol. The molecule has 12 nitrogen and oxygen atoms in total. The summed E-state index contributed by atoms with van der Waals surface area (Å²) in [5.74, 6) is -2.65. The Balaban J connectivity index is 2.91. The number of aliphatic hydroxyl groups excluding tert-OH is 1. The number of nitrogens with two attached hydrogens (primary N) is 1. The highest BCUT2D eigenvalue weighted by atomic mass is 32.2. The van der Waals surface area contributed by atoms with Crippen LogP contribution in [-0.2, 0) is 25.6 Å². The number of rotatable bonds is 15. The average molecular weight is 501 g/mol. The first-order chi connectivity index (χ1) is 16.0. The fourth-order valence-electron chi connectivity index (χ4n) is 3.14. The summed E-state index contributed by atoms with van der Waals surface area (Å²) >= 11 is 1.44. The van der Waals surface area contributed by atoms with Gasteiger partial charge in [0.25, 0.3) is 0 Å². The Kier molecular flexibility index (Phi) is 12.6. The minimum atomic E-state index is -1.34. The highest BCUT2D eigenvalue weighted by Gasteiger charge is 2.32. The molecule has 0 aliphatic rings. The number of hydrogen-bond acceptors (Lipinski definition) is 8. The third-order valence-corrected chi connectivity index (χ3v) is 5.61. The number of carbonyl (C=O) groups excluding carboxylic acids is 3. The number of H-pyrrole nitrogens is 1. The van der Waals surface area contributed by atoms with Crippen molar-refractivity contribution in [1.29, 1.82) is 0 Å². The number of amides is 3. The van der Waals surface area contributed by atoms with Crippen molar-refractivity contribution >= 4 is 35.5 Å². The van der Waals surface area contributed by atoms with Gasteiger partial charge in [0.1, 0.15) is 18.1 Å². The lowest BCUT2D eigenvalue weighted by Crippen LogP contribution is -2.60. The summed E-state index contributed by atoms with van der Waals surface area (Å²) in [6, 6.07) is -4.52. The van der Waals surface area contributed by atoms with Crippen molar-refractivity contribution in [3.05, 3.63) is 18.2 Å². The highest BCUT2D eigenvalue weighted by molar-refractivity contribution is 7.98. The van der Waals surface area contributed by atoms with Gasteiger partial charge < -0.3 is 36.9 Å². The van der Waals surface area contributed by atoms with Crippen LogP contribution in [0.3, 0.4) is 0 Å². The smallest absolute Gasteiger partial charge is 0.326 e. The Morgan fingerprint density at radius 3 is 2.24 bits per heavy atom. The number of imidazole rings is 1. The third kappa shape index (κ3) is 10.1. The van der Waals surface area contributed by atoms with Crippen LogP contribution in [0.2, 0.25) is 0 Å². The van der Waals surface area contributed by atoms with E-state index in [2.05, 4.69) is 25.9 Å². The van der Waals surface area contributed by atoms with E-state index in [9.17, 15) is 29.4 Å². The molecule has 5 unspecified atom stereocenters. The molecule has 0 bridgehead atoms. The molecule has 34 heavy (non-hydrogen) atoms. The largest absolute Gasteiger partial charge is 0.480 e. The molecule has 0 aliphatic heterocycles. The lowest BCUT2D eigenvalue weighted by molar-refractivity contribution is -0.142. The second-order valence-corrected chi connectivity index (χ2v) is 9.47. The topological polar surface area (TPSA) is 200 Å². The van der Waals surface area contributed by atoms with Crippen LogP contribution in [0.1, 0.15) is 39.3 Å². The molecule has 0 spiro atoms. The van der Waals surface area contributed by atoms with Crippen molar-refractivity contribution in [2.45, 2.75) is 70.3 Å². The quantitative estimate of drug-likeness (QED) is 0.158. The number of aromatic amines is 1. The van der Waals surface area contributed by atoms with Gasteiger partial charge in [-0.25, -0.2) is 9.78 Å². The molecular formula is C21H36N6O6S. The summed E-state index contributed by atoms with van der Waals surface area (Å²) in [7, 11) is 0. The van der Waals surface area contributed by atoms with Gasteiger partial charge in [-0.1, -0.05) is 13.8 Å². The Labute approximate surface area is 203 Å². The van der Waals surface area contributed by atoms with Crippen LogP contribution >= 0.6 is 11.8 Å². The Hall–Kier alpha value is -2.64. The van der Waals surface area contributed by atoms with E-state index in [4.69, 9.17) is 5.73 Å². The van der Waals surface area contributed by atoms with Gasteiger partial charge >= 0.3 is 5.97 Å². The zero-order valence-electron chi connectivity index (χ0n) is 19.9. The summed E-state index contributed by atoms with van der Waals surface area (Å²) in [6.07, 6.45) is 4.00. The first-order valence-corrected chi connectivity index (χ1v) is 12.4. The number of aromatic nitrogens is 2. The van der Waals surface area contributed by atoms with Crippen LogP contribution in [0.4, 0.5) is 0 Å². The van der Waals surface area contributed by atoms with Crippen LogP contribution in [0.5, 0.6) is 0 Å². The maximum Gasteiger partial charge on any atom is 0.326 e. The molecule has 0 radical (unpaired) electrons. The van der Waals surface area contributed by atoms with Crippen LogP contribution in [0.25, 0.3) is 0 Å². The van der Waals surface area contributed by atoms with Gasteiger partial charge in [0, 0.05) is 18.3 Å². The molecule has 192 valence electrons. The first kappa shape index (κ1) is 29.4. The van der Waals surface area contributed by atoms with E-state index in [1.54, 1.807) is 0 Å². The van der Waals surface area contributed by atoms with Crippen molar-refractivity contribution in [3.63, 3.8) is 0 Å². The number of nitrogens with zero attached hydrogens (tertiary/aromatic N) is 1. The van der Waals surface area contributed by atoms with Crippen molar-refractivity contribution in [1.82, 2.24) is 25.9 Å². The number of nitrogens with one attached hydrogen (secondary N) is 4. The molecule has 0 saturated carbocycles. The molecule has 3 amide bonds. The molecule has 1 heterocycles. The van der Waals surface area contributed by atoms with Gasteiger partial charge in [-0.2, -0.15) is 11.8 Å². The van der Waals surface area contributed by atoms with E-state index in [0.717, 1.165) is 0 Å². The Bertz CT molecular complexity index is 804. The predicted molar refractivity (Wildman–Crippen MR) is 128 cm³/mol. The van der Waals surface area contributed by atoms with Gasteiger partial charge in [-0.05, 0) is 37.7 Å². The van der Waals surface area contributed by atoms with E-state index in [1.807, 2.05) is 20.1 Å². The minimum absolute atomic E-state index is 0.0234. The fraction of sp³-hybridized carbons (Fsp3) is 0.667. The highest BCUT2D eigenvalue weighted by Crippen LogP contribution is 2.07. The van der Waals surface area contributed by atoms with Crippen LogP contribution in [0.15, 0.2) is 12.5 Å². The van der Waals surface area contributed by atoms with Crippen molar-refractivity contribution in [2.24, 2.45) is 11.7 Å². The predicted octanol–water partition coefficient (Wildman–Crippen LogP) is -1.00. The van der Waals surface area contributed by atoms with E-state index < -0.39 is 54.0 Å². The van der Waals surface area contributed by atoms with Gasteiger partial charge in [0.05, 0.1) is 18.5 Å². The van der Waals surface area contributed by atoms with Crippen molar-refractivity contribution < 1.29 is 29.4 Å². The molecule has 8 N–H and O–H groups in total. The average Bonchev–Trinajstić information content (AvgIpc) is 3.26. The minimum Gasteiger partial charge on any atom is -0.480 e. The molecular weight excluding hydrogens is 464 g/mol. The fourth-order valence-corrected chi connectivity index (χ4v) is 3.61. The summed E-state index contributed by atoms with van der Waals surface area (Å²) in [4.78, 5) is 56.4. The number of thioether (sulfide) groups is 1. The SMILES string of the molecule is CSCCC(NC(=O)C(NC(=O)C(N)CC(C)C)C(C)O)C(=O)NC(Cc1cnc[nH]1)C(=O)O. The lowest BCUT2D eigenvalue weighted by Gasteiger charge is -2.26. The van der Waals surface area contributed by atoms with Crippen LogP contribution in [-0.4, -0.2) is 86.2 Å². The zero-order valence-corrected chi connectivity index (χ0v) is 20.7. The van der Waals surface area contributed by atoms with Gasteiger partial charge in [0.2, 0.25) is 17.7 Å². The molecule has 1 aromatic rings. The zero-order chi connectivity index (χ0) is 25.8. The maximum atomic E-state index is 12.9. The first-order valence-electron chi connectivity index (χ1n) is 11.0. The second kappa shape index (κ2) is 14.6. The number of aliphatic hydroxyl groups is 1. The molecule has 13 heteroatoms. The summed E-state index contributed by atoms with van der Waals surface area (Å²) in [6.45, 7) is 5.13. The van der Waals surface area contributed by atoms with Gasteiger partial charge in [-0.3, -0.25) is 14.4 Å². The Morgan fingerprint density at radius 1 is 1.09 bits per heavy atom. The molecule has 0 saturated heterocycles. The van der Waals surface area contributed by atoms with Crippen LogP contribution < -0.4 is 21.7 Å². The van der Waals surface area contributed by atoms with E-state index in [-0.39, 0.29) is 18.8 Å². The standard InChI is InChI=1S/C21H36N6O6S/c1-11(2)7-14(22)18(29)27-17(12(3)28)20(31)25-15(5-6-34-4)19(30)26-16(21(32)33)8-13-9-23-10-24-13/h9-12,14-17,28H,5-8,22H2,1-4H3,(H,23,24)(H,25,31)(H,26,30)(H,27,29)(H,32,33). The third-order valence-electron chi connectivity index (χ3n) is 4.96. The molecule has 5 atom stereocenters. The molecule has 1 rings (SSSR count). The van der Waals surface area contributed by atoms with Crippen molar-refractivity contribution in [3.8, 4) is 0 Å². The molecule has 1 aromatic heterocycles. The number of hydrogen-bond donors (Lipinski definition) is 7. The summed E-state index contributed by atoms with van der Waals surface area (Å²) in [5.41, 5.74) is 6.39. The number of carboxylic acids is 1. The van der Waals surface area contributed by atoms with E-state index >= 15 is 0 Å². The number of carboxylic acid groups (broad SMARTS) is 1. The lowest BCUT2D eigenvalue weighted by atomic mass is 10.0. The van der Waals surface area contributed by atoms with E-state index in [1.165, 1.54) is 31.2 Å². The van der Waals surface area contributed by atoms with Gasteiger partial charge in [0.15, 0.2) is 0 Å². The van der Waals surface area contributed by atoms with Gasteiger partial charge in [-0.15, -0.1) is 0 Å². The second-order valence-electron chi connectivity index (χ2n) is 8.49. The maximum absolute atomic E-state index is 12.9. The van der Waals surface area contributed by atoms with E-state index in [0.29, 0.717) is 17.9 Å². The number of carbonyl (C=O) groups is 4. The molecule has 0 aliphatic carbocycles. The van der Waals surface area contributed by atoms with Crippen LogP contribution in [0, 0.1) is 5.92 Å². The Morgan fingerprint density at radius 2 is 1.74 bits per heavy atom. The number of aliphatic carboxylic acids is 1. The normalized spacial score (nSPS) is 15.6. The molecule has 0 aromatic carbocycles. The summed E-state index contributed by atoms with van der Waals surface area (Å²) in [5, 5.41) is 27.0. The van der Waals surface area contributed by atoms with Crippen molar-refractivity contribution in [2.75, 3.05) is 12.0 Å². The molecule has 0 fully saturated rings.